The Hall–Kier alpha value is -6.12. The topological polar surface area (TPSA) is 16.4 Å². The Bertz CT molecular complexity index is 2540. The van der Waals surface area contributed by atoms with Crippen LogP contribution in [0.15, 0.2) is 180 Å². The third-order valence-corrected chi connectivity index (χ3v) is 9.00. The summed E-state index contributed by atoms with van der Waals surface area (Å²) >= 11 is 0. The van der Waals surface area contributed by atoms with Gasteiger partial charge in [-0.05, 0) is 92.8 Å². The van der Waals surface area contributed by atoms with E-state index < -0.39 is 0 Å². The van der Waals surface area contributed by atoms with E-state index in [4.69, 9.17) is 4.42 Å². The van der Waals surface area contributed by atoms with Gasteiger partial charge in [-0.1, -0.05) is 121 Å². The Morgan fingerprint density at radius 1 is 0.370 bits per heavy atom. The molecule has 0 saturated carbocycles. The van der Waals surface area contributed by atoms with Crippen molar-refractivity contribution in [3.63, 3.8) is 0 Å². The van der Waals surface area contributed by atoms with Gasteiger partial charge in [-0.3, -0.25) is 0 Å². The maximum atomic E-state index is 6.37. The van der Waals surface area contributed by atoms with E-state index in [1.165, 1.54) is 32.7 Å². The average Bonchev–Trinajstić information content (AvgIpc) is 3.51. The Labute approximate surface area is 267 Å². The molecule has 0 bridgehead atoms. The van der Waals surface area contributed by atoms with Crippen LogP contribution in [0.25, 0.3) is 65.7 Å². The van der Waals surface area contributed by atoms with Crippen molar-refractivity contribution >= 4 is 60.5 Å². The fraction of sp³-hybridized carbons (Fsp3) is 0. The van der Waals surface area contributed by atoms with Crippen LogP contribution in [0, 0.1) is 0 Å². The molecule has 9 rings (SSSR count). The van der Waals surface area contributed by atoms with Crippen molar-refractivity contribution in [1.29, 1.82) is 0 Å². The van der Waals surface area contributed by atoms with E-state index in [1.54, 1.807) is 0 Å². The summed E-state index contributed by atoms with van der Waals surface area (Å²) in [5.41, 5.74) is 9.76. The van der Waals surface area contributed by atoms with Gasteiger partial charge in [0, 0.05) is 16.6 Å². The van der Waals surface area contributed by atoms with Crippen LogP contribution in [-0.4, -0.2) is 0 Å². The summed E-state index contributed by atoms with van der Waals surface area (Å²) in [7, 11) is 0. The van der Waals surface area contributed by atoms with Crippen LogP contribution in [0.5, 0.6) is 0 Å². The molecular formula is C44H29NO. The minimum atomic E-state index is 0.875. The second-order valence-corrected chi connectivity index (χ2v) is 11.8. The lowest BCUT2D eigenvalue weighted by Crippen LogP contribution is -2.11. The van der Waals surface area contributed by atoms with Crippen molar-refractivity contribution in [1.82, 2.24) is 0 Å². The first-order valence-corrected chi connectivity index (χ1v) is 15.7. The van der Waals surface area contributed by atoms with Crippen LogP contribution in [0.3, 0.4) is 0 Å². The van der Waals surface area contributed by atoms with Crippen molar-refractivity contribution in [3.8, 4) is 22.3 Å². The molecule has 0 amide bonds. The number of rotatable bonds is 5. The molecule has 9 aromatic rings. The highest BCUT2D eigenvalue weighted by molar-refractivity contribution is 6.14. The maximum absolute atomic E-state index is 6.37. The molecule has 0 N–H and O–H groups in total. The summed E-state index contributed by atoms with van der Waals surface area (Å²) in [6.45, 7) is 0. The monoisotopic (exact) mass is 587 g/mol. The van der Waals surface area contributed by atoms with E-state index in [9.17, 15) is 0 Å². The van der Waals surface area contributed by atoms with Crippen LogP contribution in [0.4, 0.5) is 17.1 Å². The standard InChI is InChI=1S/C44H29NO/c1-2-18-37(19-3-1)45(40-21-11-23-43-44(40)38-20-8-9-22-42(38)46-43)41-29-34-15-7-6-14-33(34)28-39(41)36-17-10-16-32(27-36)35-25-24-30-12-4-5-13-31(30)26-35/h1-29H. The van der Waals surface area contributed by atoms with Crippen LogP contribution in [0.1, 0.15) is 0 Å². The summed E-state index contributed by atoms with van der Waals surface area (Å²) in [5.74, 6) is 0. The molecule has 0 fully saturated rings. The van der Waals surface area contributed by atoms with Gasteiger partial charge in [0.15, 0.2) is 0 Å². The molecular weight excluding hydrogens is 558 g/mol. The van der Waals surface area contributed by atoms with E-state index in [-0.39, 0.29) is 0 Å². The molecule has 0 unspecified atom stereocenters. The molecule has 2 heteroatoms. The number of fused-ring (bicyclic) bond motifs is 5. The summed E-state index contributed by atoms with van der Waals surface area (Å²) in [6.07, 6.45) is 0. The van der Waals surface area contributed by atoms with E-state index in [0.29, 0.717) is 0 Å². The Balaban J connectivity index is 1.32. The number of hydrogen-bond acceptors (Lipinski definition) is 2. The highest BCUT2D eigenvalue weighted by Gasteiger charge is 2.22. The lowest BCUT2D eigenvalue weighted by molar-refractivity contribution is 0.669. The zero-order valence-electron chi connectivity index (χ0n) is 25.1. The molecule has 1 heterocycles. The van der Waals surface area contributed by atoms with E-state index in [1.807, 2.05) is 12.1 Å². The predicted molar refractivity (Wildman–Crippen MR) is 194 cm³/mol. The third kappa shape index (κ3) is 4.43. The molecule has 0 aliphatic rings. The van der Waals surface area contributed by atoms with E-state index in [0.717, 1.165) is 50.1 Å². The van der Waals surface area contributed by atoms with Gasteiger partial charge in [0.25, 0.3) is 0 Å². The lowest BCUT2D eigenvalue weighted by Gasteiger charge is -2.29. The number of nitrogens with zero attached hydrogens (tertiary/aromatic N) is 1. The van der Waals surface area contributed by atoms with Crippen molar-refractivity contribution in [3.05, 3.63) is 176 Å². The van der Waals surface area contributed by atoms with Gasteiger partial charge in [0.2, 0.25) is 0 Å². The molecule has 216 valence electrons. The van der Waals surface area contributed by atoms with Gasteiger partial charge in [0.05, 0.1) is 16.8 Å². The maximum Gasteiger partial charge on any atom is 0.137 e. The van der Waals surface area contributed by atoms with Crippen molar-refractivity contribution in [2.75, 3.05) is 4.90 Å². The summed E-state index contributed by atoms with van der Waals surface area (Å²) in [6, 6.07) is 62.9. The van der Waals surface area contributed by atoms with Crippen molar-refractivity contribution in [2.24, 2.45) is 0 Å². The zero-order valence-corrected chi connectivity index (χ0v) is 25.1. The molecule has 1 aromatic heterocycles. The van der Waals surface area contributed by atoms with Crippen LogP contribution in [-0.2, 0) is 0 Å². The molecule has 0 aliphatic carbocycles. The van der Waals surface area contributed by atoms with Gasteiger partial charge < -0.3 is 9.32 Å². The number of anilines is 3. The first kappa shape index (κ1) is 26.3. The molecule has 0 spiro atoms. The average molecular weight is 588 g/mol. The van der Waals surface area contributed by atoms with Gasteiger partial charge in [0.1, 0.15) is 11.2 Å². The Morgan fingerprint density at radius 3 is 1.85 bits per heavy atom. The zero-order chi connectivity index (χ0) is 30.5. The van der Waals surface area contributed by atoms with E-state index >= 15 is 0 Å². The largest absolute Gasteiger partial charge is 0.456 e. The van der Waals surface area contributed by atoms with Crippen molar-refractivity contribution in [2.45, 2.75) is 0 Å². The third-order valence-electron chi connectivity index (χ3n) is 9.00. The normalized spacial score (nSPS) is 11.5. The first-order valence-electron chi connectivity index (χ1n) is 15.7. The molecule has 0 saturated heterocycles. The second-order valence-electron chi connectivity index (χ2n) is 11.8. The molecule has 0 radical (unpaired) electrons. The SMILES string of the molecule is c1ccc(N(c2cc3ccccc3cc2-c2cccc(-c3ccc4ccccc4c3)c2)c2cccc3oc4ccccc4c23)cc1. The summed E-state index contributed by atoms with van der Waals surface area (Å²) in [5, 5.41) is 7.10. The number of hydrogen-bond donors (Lipinski definition) is 0. The Morgan fingerprint density at radius 2 is 1.00 bits per heavy atom. The molecule has 8 aromatic carbocycles. The minimum Gasteiger partial charge on any atom is -0.456 e. The van der Waals surface area contributed by atoms with Crippen LogP contribution in [0.2, 0.25) is 0 Å². The molecule has 0 aliphatic heterocycles. The van der Waals surface area contributed by atoms with Crippen molar-refractivity contribution < 1.29 is 4.42 Å². The number of benzene rings is 8. The first-order chi connectivity index (χ1) is 22.8. The highest BCUT2D eigenvalue weighted by Crippen LogP contribution is 2.47. The van der Waals surface area contributed by atoms with Gasteiger partial charge in [-0.25, -0.2) is 0 Å². The molecule has 2 nitrogen and oxygen atoms in total. The molecule has 46 heavy (non-hydrogen) atoms. The quantitative estimate of drug-likeness (QED) is 0.199. The minimum absolute atomic E-state index is 0.875. The van der Waals surface area contributed by atoms with Gasteiger partial charge >= 0.3 is 0 Å². The fourth-order valence-electron chi connectivity index (χ4n) is 6.81. The molecule has 0 atom stereocenters. The van der Waals surface area contributed by atoms with Gasteiger partial charge in [-0.2, -0.15) is 0 Å². The highest BCUT2D eigenvalue weighted by atomic mass is 16.3. The Kier molecular flexibility index (Phi) is 6.17. The lowest BCUT2D eigenvalue weighted by atomic mass is 9.94. The second kappa shape index (κ2) is 10.8. The van der Waals surface area contributed by atoms with E-state index in [2.05, 4.69) is 169 Å². The predicted octanol–water partition coefficient (Wildman–Crippen LogP) is 12.7. The smallest absolute Gasteiger partial charge is 0.137 e. The van der Waals surface area contributed by atoms with Crippen LogP contribution < -0.4 is 4.90 Å². The van der Waals surface area contributed by atoms with Gasteiger partial charge in [-0.15, -0.1) is 0 Å². The van der Waals surface area contributed by atoms with Crippen LogP contribution >= 0.6 is 0 Å². The fourth-order valence-corrected chi connectivity index (χ4v) is 6.81. The number of para-hydroxylation sites is 2. The summed E-state index contributed by atoms with van der Waals surface area (Å²) in [4.78, 5) is 2.40. The summed E-state index contributed by atoms with van der Waals surface area (Å²) < 4.78 is 6.37. The number of furan rings is 1.